The van der Waals surface area contributed by atoms with Crippen LogP contribution in [-0.4, -0.2) is 38.8 Å². The number of rotatable bonds is 6. The van der Waals surface area contributed by atoms with Gasteiger partial charge in [0.25, 0.3) is 0 Å². The molecule has 7 heteroatoms. The summed E-state index contributed by atoms with van der Waals surface area (Å²) in [5.41, 5.74) is 6.90. The van der Waals surface area contributed by atoms with E-state index in [9.17, 15) is 13.2 Å². The molecule has 0 radical (unpaired) electrons. The lowest BCUT2D eigenvalue weighted by atomic mass is 10.1. The molecule has 0 aliphatic carbocycles. The largest absolute Gasteiger partial charge is 0.355 e. The predicted octanol–water partition coefficient (Wildman–Crippen LogP) is 0.210. The molecule has 0 heterocycles. The van der Waals surface area contributed by atoms with Crippen LogP contribution in [0.2, 0.25) is 0 Å². The van der Waals surface area contributed by atoms with Crippen LogP contribution in [0.1, 0.15) is 18.1 Å². The van der Waals surface area contributed by atoms with Crippen molar-refractivity contribution in [3.05, 3.63) is 29.3 Å². The first-order valence-corrected chi connectivity index (χ1v) is 7.79. The smallest absolute Gasteiger partial charge is 0.243 e. The van der Waals surface area contributed by atoms with Gasteiger partial charge in [-0.2, -0.15) is 4.31 Å². The molecular weight excluding hydrogens is 278 g/mol. The van der Waals surface area contributed by atoms with Gasteiger partial charge in [-0.1, -0.05) is 12.1 Å². The molecular formula is C13H21N3O3S. The van der Waals surface area contributed by atoms with Crippen molar-refractivity contribution in [2.45, 2.75) is 25.3 Å². The fraction of sp³-hybridized carbons (Fsp3) is 0.462. The van der Waals surface area contributed by atoms with Crippen LogP contribution in [-0.2, 0) is 21.4 Å². The van der Waals surface area contributed by atoms with Crippen molar-refractivity contribution in [3.8, 4) is 0 Å². The minimum Gasteiger partial charge on any atom is -0.355 e. The van der Waals surface area contributed by atoms with Gasteiger partial charge in [0.15, 0.2) is 0 Å². The minimum atomic E-state index is -3.70. The van der Waals surface area contributed by atoms with Crippen LogP contribution < -0.4 is 11.1 Å². The Labute approximate surface area is 120 Å². The number of likely N-dealkylation sites (N-methyl/N-ethyl adjacent to an activating group) is 2. The highest BCUT2D eigenvalue weighted by Gasteiger charge is 2.24. The van der Waals surface area contributed by atoms with E-state index in [1.165, 1.54) is 7.05 Å². The Balaban J connectivity index is 3.06. The van der Waals surface area contributed by atoms with Crippen molar-refractivity contribution in [2.24, 2.45) is 5.73 Å². The number of carbonyl (C=O) groups is 1. The molecule has 1 rings (SSSR count). The number of hydrogen-bond acceptors (Lipinski definition) is 4. The van der Waals surface area contributed by atoms with Crippen LogP contribution in [0, 0.1) is 6.92 Å². The van der Waals surface area contributed by atoms with E-state index in [0.717, 1.165) is 9.87 Å². The lowest BCUT2D eigenvalue weighted by Gasteiger charge is -2.18. The quantitative estimate of drug-likeness (QED) is 0.785. The number of hydrogen-bond donors (Lipinski definition) is 2. The van der Waals surface area contributed by atoms with Gasteiger partial charge in [-0.05, 0) is 31.0 Å². The lowest BCUT2D eigenvalue weighted by molar-refractivity contribution is -0.121. The molecule has 1 amide bonds. The molecule has 0 aromatic heterocycles. The molecule has 0 aliphatic rings. The van der Waals surface area contributed by atoms with E-state index in [1.54, 1.807) is 32.0 Å². The maximum Gasteiger partial charge on any atom is 0.243 e. The fourth-order valence-corrected chi connectivity index (χ4v) is 3.16. The molecule has 0 saturated heterocycles. The number of nitrogens with zero attached hydrogens (tertiary/aromatic N) is 1. The summed E-state index contributed by atoms with van der Waals surface area (Å²) in [6, 6.07) is 5.06. The zero-order valence-electron chi connectivity index (χ0n) is 12.0. The number of nitrogens with one attached hydrogen (secondary N) is 1. The third kappa shape index (κ3) is 3.78. The van der Waals surface area contributed by atoms with Gasteiger partial charge in [0.1, 0.15) is 0 Å². The van der Waals surface area contributed by atoms with Crippen molar-refractivity contribution >= 4 is 15.9 Å². The number of benzene rings is 1. The van der Waals surface area contributed by atoms with Crippen LogP contribution in [0.25, 0.3) is 0 Å². The third-order valence-electron chi connectivity index (χ3n) is 2.92. The summed E-state index contributed by atoms with van der Waals surface area (Å²) in [5.74, 6) is -0.328. The average molecular weight is 299 g/mol. The molecule has 0 bridgehead atoms. The Morgan fingerprint density at radius 1 is 1.40 bits per heavy atom. The molecule has 6 nitrogen and oxygen atoms in total. The molecule has 0 aliphatic heterocycles. The number of amides is 1. The molecule has 112 valence electrons. The molecule has 20 heavy (non-hydrogen) atoms. The van der Waals surface area contributed by atoms with Gasteiger partial charge in [0.2, 0.25) is 15.9 Å². The maximum atomic E-state index is 12.5. The molecule has 0 fully saturated rings. The molecule has 0 spiro atoms. The van der Waals surface area contributed by atoms with Crippen LogP contribution in [0.15, 0.2) is 23.1 Å². The SMILES string of the molecule is CCNC(=O)CN(C)S(=O)(=O)c1cc(CN)ccc1C. The molecule has 1 aromatic rings. The van der Waals surface area contributed by atoms with E-state index < -0.39 is 10.0 Å². The summed E-state index contributed by atoms with van der Waals surface area (Å²) in [6.07, 6.45) is 0. The van der Waals surface area contributed by atoms with Gasteiger partial charge in [0, 0.05) is 20.1 Å². The highest BCUT2D eigenvalue weighted by atomic mass is 32.2. The number of aryl methyl sites for hydroxylation is 1. The maximum absolute atomic E-state index is 12.5. The van der Waals surface area contributed by atoms with E-state index in [0.29, 0.717) is 12.1 Å². The minimum absolute atomic E-state index is 0.187. The van der Waals surface area contributed by atoms with Crippen LogP contribution in [0.3, 0.4) is 0 Å². The zero-order chi connectivity index (χ0) is 15.3. The average Bonchev–Trinajstić information content (AvgIpc) is 2.39. The van der Waals surface area contributed by atoms with Crippen molar-refractivity contribution in [3.63, 3.8) is 0 Å². The van der Waals surface area contributed by atoms with Gasteiger partial charge in [-0.25, -0.2) is 8.42 Å². The van der Waals surface area contributed by atoms with E-state index in [-0.39, 0.29) is 23.9 Å². The summed E-state index contributed by atoms with van der Waals surface area (Å²) in [7, 11) is -2.31. The fourth-order valence-electron chi connectivity index (χ4n) is 1.76. The Morgan fingerprint density at radius 3 is 2.60 bits per heavy atom. The first kappa shape index (κ1) is 16.6. The van der Waals surface area contributed by atoms with Crippen molar-refractivity contribution in [2.75, 3.05) is 20.1 Å². The zero-order valence-corrected chi connectivity index (χ0v) is 12.8. The van der Waals surface area contributed by atoms with E-state index >= 15 is 0 Å². The topological polar surface area (TPSA) is 92.5 Å². The number of carbonyl (C=O) groups excluding carboxylic acids is 1. The second kappa shape index (κ2) is 6.83. The summed E-state index contributed by atoms with van der Waals surface area (Å²) in [6.45, 7) is 4.02. The van der Waals surface area contributed by atoms with Gasteiger partial charge in [-0.3, -0.25) is 4.79 Å². The normalized spacial score (nSPS) is 11.7. The van der Waals surface area contributed by atoms with Gasteiger partial charge in [-0.15, -0.1) is 0 Å². The number of nitrogens with two attached hydrogens (primary N) is 1. The summed E-state index contributed by atoms with van der Waals surface area (Å²) in [4.78, 5) is 11.7. The van der Waals surface area contributed by atoms with Crippen LogP contribution in [0.4, 0.5) is 0 Å². The molecule has 3 N–H and O–H groups in total. The summed E-state index contributed by atoms with van der Waals surface area (Å²) in [5, 5.41) is 2.57. The van der Waals surface area contributed by atoms with E-state index in [4.69, 9.17) is 5.73 Å². The first-order chi connectivity index (χ1) is 9.32. The molecule has 1 aromatic carbocycles. The molecule has 0 saturated carbocycles. The molecule has 0 unspecified atom stereocenters. The van der Waals surface area contributed by atoms with Gasteiger partial charge in [0.05, 0.1) is 11.4 Å². The second-order valence-corrected chi connectivity index (χ2v) is 6.53. The first-order valence-electron chi connectivity index (χ1n) is 6.35. The van der Waals surface area contributed by atoms with Gasteiger partial charge >= 0.3 is 0 Å². The van der Waals surface area contributed by atoms with E-state index in [1.807, 2.05) is 0 Å². The monoisotopic (exact) mass is 299 g/mol. The highest BCUT2D eigenvalue weighted by molar-refractivity contribution is 7.89. The van der Waals surface area contributed by atoms with Crippen molar-refractivity contribution in [1.29, 1.82) is 0 Å². The Hall–Kier alpha value is -1.44. The summed E-state index contributed by atoms with van der Waals surface area (Å²) < 4.78 is 26.0. The standard InChI is InChI=1S/C13H21N3O3S/c1-4-15-13(17)9-16(3)20(18,19)12-7-11(8-14)6-5-10(12)2/h5-7H,4,8-9,14H2,1-3H3,(H,15,17). The Morgan fingerprint density at radius 2 is 2.05 bits per heavy atom. The Bertz CT molecular complexity index is 585. The number of sulfonamides is 1. The van der Waals surface area contributed by atoms with E-state index in [2.05, 4.69) is 5.32 Å². The van der Waals surface area contributed by atoms with Crippen molar-refractivity contribution in [1.82, 2.24) is 9.62 Å². The van der Waals surface area contributed by atoms with Crippen LogP contribution >= 0.6 is 0 Å². The highest BCUT2D eigenvalue weighted by Crippen LogP contribution is 2.20. The van der Waals surface area contributed by atoms with Crippen LogP contribution in [0.5, 0.6) is 0 Å². The lowest BCUT2D eigenvalue weighted by Crippen LogP contribution is -2.38. The molecule has 0 atom stereocenters. The van der Waals surface area contributed by atoms with Crippen molar-refractivity contribution < 1.29 is 13.2 Å². The predicted molar refractivity (Wildman–Crippen MR) is 77.6 cm³/mol. The Kier molecular flexibility index (Phi) is 5.67. The summed E-state index contributed by atoms with van der Waals surface area (Å²) >= 11 is 0. The van der Waals surface area contributed by atoms with Gasteiger partial charge < -0.3 is 11.1 Å². The second-order valence-electron chi connectivity index (χ2n) is 4.52. The third-order valence-corrected chi connectivity index (χ3v) is 4.86.